The number of hydrogen-bond acceptors (Lipinski definition) is 3. The molecule has 0 saturated carbocycles. The average Bonchev–Trinajstić information content (AvgIpc) is 2.68. The Balaban J connectivity index is 1.76. The van der Waals surface area contributed by atoms with E-state index in [1.54, 1.807) is 0 Å². The monoisotopic (exact) mass is 322 g/mol. The Bertz CT molecular complexity index is 766. The van der Waals surface area contributed by atoms with E-state index < -0.39 is 7.12 Å². The Hall–Kier alpha value is -1.78. The lowest BCUT2D eigenvalue weighted by Crippen LogP contribution is -2.41. The molecule has 1 fully saturated rings. The van der Waals surface area contributed by atoms with Gasteiger partial charge in [-0.25, -0.2) is 0 Å². The van der Waals surface area contributed by atoms with Gasteiger partial charge in [-0.2, -0.15) is 0 Å². The molecule has 0 spiro atoms. The van der Waals surface area contributed by atoms with Crippen molar-refractivity contribution in [3.8, 4) is 11.5 Å². The van der Waals surface area contributed by atoms with Gasteiger partial charge in [-0.3, -0.25) is 0 Å². The summed E-state index contributed by atoms with van der Waals surface area (Å²) in [6.07, 6.45) is 1.94. The number of aryl methyl sites for hydroxylation is 2. The first-order chi connectivity index (χ1) is 11.4. The van der Waals surface area contributed by atoms with Crippen LogP contribution in [0.25, 0.3) is 0 Å². The summed E-state index contributed by atoms with van der Waals surface area (Å²) in [5, 5.41) is 0. The maximum Gasteiger partial charge on any atom is 0.498 e. The van der Waals surface area contributed by atoms with Crippen molar-refractivity contribution in [3.63, 3.8) is 0 Å². The van der Waals surface area contributed by atoms with Crippen molar-refractivity contribution in [2.75, 3.05) is 0 Å². The van der Waals surface area contributed by atoms with Gasteiger partial charge in [0.2, 0.25) is 0 Å². The van der Waals surface area contributed by atoms with E-state index in [0.29, 0.717) is 0 Å². The van der Waals surface area contributed by atoms with Crippen LogP contribution in [0.3, 0.4) is 0 Å². The molecular formula is C20H23BO3. The Kier molecular flexibility index (Phi) is 3.52. The lowest BCUT2D eigenvalue weighted by molar-refractivity contribution is 0.00578. The van der Waals surface area contributed by atoms with Crippen molar-refractivity contribution in [3.05, 3.63) is 53.6 Å². The van der Waals surface area contributed by atoms with Crippen LogP contribution in [0.15, 0.2) is 42.5 Å². The zero-order chi connectivity index (χ0) is 16.9. The number of ether oxygens (including phenoxy) is 1. The van der Waals surface area contributed by atoms with E-state index in [1.807, 2.05) is 12.1 Å². The van der Waals surface area contributed by atoms with Gasteiger partial charge < -0.3 is 14.0 Å². The zero-order valence-electron chi connectivity index (χ0n) is 14.8. The van der Waals surface area contributed by atoms with Gasteiger partial charge in [-0.1, -0.05) is 36.4 Å². The van der Waals surface area contributed by atoms with Gasteiger partial charge in [-0.15, -0.1) is 0 Å². The Labute approximate surface area is 144 Å². The molecule has 0 aromatic heterocycles. The Morgan fingerprint density at radius 1 is 0.792 bits per heavy atom. The summed E-state index contributed by atoms with van der Waals surface area (Å²) < 4.78 is 18.8. The molecule has 2 aliphatic heterocycles. The van der Waals surface area contributed by atoms with Crippen LogP contribution in [0.2, 0.25) is 0 Å². The molecule has 2 aromatic carbocycles. The van der Waals surface area contributed by atoms with Gasteiger partial charge in [0.1, 0.15) is 11.5 Å². The van der Waals surface area contributed by atoms with Crippen LogP contribution in [0.5, 0.6) is 11.5 Å². The fraction of sp³-hybridized carbons (Fsp3) is 0.400. The molecule has 0 bridgehead atoms. The summed E-state index contributed by atoms with van der Waals surface area (Å²) in [7, 11) is -0.407. The molecule has 0 unspecified atom stereocenters. The summed E-state index contributed by atoms with van der Waals surface area (Å²) in [5.41, 5.74) is 2.71. The molecule has 24 heavy (non-hydrogen) atoms. The van der Waals surface area contributed by atoms with Crippen molar-refractivity contribution in [2.45, 2.75) is 51.7 Å². The second-order valence-corrected chi connectivity index (χ2v) is 7.63. The SMILES string of the molecule is CC1(C)OB(c2cccc3c2Oc2ccccc2CC3)OC1(C)C. The topological polar surface area (TPSA) is 27.7 Å². The molecule has 2 aromatic rings. The summed E-state index contributed by atoms with van der Waals surface area (Å²) in [6.45, 7) is 8.30. The van der Waals surface area contributed by atoms with Gasteiger partial charge in [-0.05, 0) is 57.7 Å². The van der Waals surface area contributed by atoms with E-state index in [0.717, 1.165) is 29.8 Å². The molecule has 0 N–H and O–H groups in total. The third-order valence-corrected chi connectivity index (χ3v) is 5.48. The van der Waals surface area contributed by atoms with Crippen LogP contribution >= 0.6 is 0 Å². The van der Waals surface area contributed by atoms with E-state index >= 15 is 0 Å². The summed E-state index contributed by atoms with van der Waals surface area (Å²) >= 11 is 0. The highest BCUT2D eigenvalue weighted by Crippen LogP contribution is 2.39. The van der Waals surface area contributed by atoms with Gasteiger partial charge >= 0.3 is 7.12 Å². The van der Waals surface area contributed by atoms with Crippen LogP contribution in [0.4, 0.5) is 0 Å². The van der Waals surface area contributed by atoms with Crippen LogP contribution in [0.1, 0.15) is 38.8 Å². The minimum Gasteiger partial charge on any atom is -0.457 e. The maximum absolute atomic E-state index is 6.32. The first-order valence-electron chi connectivity index (χ1n) is 8.61. The molecule has 0 amide bonds. The molecule has 0 atom stereocenters. The first-order valence-corrected chi connectivity index (χ1v) is 8.61. The Morgan fingerprint density at radius 3 is 2.17 bits per heavy atom. The van der Waals surface area contributed by atoms with E-state index in [2.05, 4.69) is 58.0 Å². The number of para-hydroxylation sites is 2. The highest BCUT2D eigenvalue weighted by Gasteiger charge is 2.52. The molecule has 4 rings (SSSR count). The predicted molar refractivity (Wildman–Crippen MR) is 96.1 cm³/mol. The predicted octanol–water partition coefficient (Wildman–Crippen LogP) is 3.88. The minimum atomic E-state index is -0.407. The average molecular weight is 322 g/mol. The van der Waals surface area contributed by atoms with Crippen molar-refractivity contribution in [1.82, 2.24) is 0 Å². The standard InChI is InChI=1S/C20H23BO3/c1-19(2)20(3,4)24-21(23-19)16-10-7-9-15-13-12-14-8-5-6-11-17(14)22-18(15)16/h5-11H,12-13H2,1-4H3. The van der Waals surface area contributed by atoms with Crippen LogP contribution < -0.4 is 10.2 Å². The fourth-order valence-corrected chi connectivity index (χ4v) is 3.27. The van der Waals surface area contributed by atoms with E-state index in [9.17, 15) is 0 Å². The second-order valence-electron chi connectivity index (χ2n) is 7.63. The molecule has 3 nitrogen and oxygen atoms in total. The molecule has 2 heterocycles. The lowest BCUT2D eigenvalue weighted by atomic mass is 9.77. The molecular weight excluding hydrogens is 299 g/mol. The number of fused-ring (bicyclic) bond motifs is 2. The molecule has 2 aliphatic rings. The molecule has 0 aliphatic carbocycles. The van der Waals surface area contributed by atoms with Crippen LogP contribution in [-0.2, 0) is 22.2 Å². The van der Waals surface area contributed by atoms with Crippen LogP contribution in [-0.4, -0.2) is 18.3 Å². The van der Waals surface area contributed by atoms with Gasteiger partial charge in [0, 0.05) is 5.46 Å². The third-order valence-electron chi connectivity index (χ3n) is 5.48. The molecule has 0 radical (unpaired) electrons. The Morgan fingerprint density at radius 2 is 1.42 bits per heavy atom. The smallest absolute Gasteiger partial charge is 0.457 e. The van der Waals surface area contributed by atoms with Crippen LogP contribution in [0, 0.1) is 0 Å². The number of benzene rings is 2. The van der Waals surface area contributed by atoms with Gasteiger partial charge in [0.05, 0.1) is 11.2 Å². The van der Waals surface area contributed by atoms with Gasteiger partial charge in [0.15, 0.2) is 0 Å². The van der Waals surface area contributed by atoms with Crippen molar-refractivity contribution < 1.29 is 14.0 Å². The lowest BCUT2D eigenvalue weighted by Gasteiger charge is -2.32. The van der Waals surface area contributed by atoms with Gasteiger partial charge in [0.25, 0.3) is 0 Å². The highest BCUT2D eigenvalue weighted by molar-refractivity contribution is 6.63. The van der Waals surface area contributed by atoms with Crippen molar-refractivity contribution in [1.29, 1.82) is 0 Å². The fourth-order valence-electron chi connectivity index (χ4n) is 3.27. The van der Waals surface area contributed by atoms with E-state index in [-0.39, 0.29) is 11.2 Å². The normalized spacial score (nSPS) is 20.8. The number of hydrogen-bond donors (Lipinski definition) is 0. The third kappa shape index (κ3) is 2.45. The first kappa shape index (κ1) is 15.7. The minimum absolute atomic E-state index is 0.358. The maximum atomic E-state index is 6.32. The summed E-state index contributed by atoms with van der Waals surface area (Å²) in [6, 6.07) is 14.5. The van der Waals surface area contributed by atoms with Crippen molar-refractivity contribution in [2.24, 2.45) is 0 Å². The van der Waals surface area contributed by atoms with E-state index in [1.165, 1.54) is 11.1 Å². The van der Waals surface area contributed by atoms with Crippen molar-refractivity contribution >= 4 is 12.6 Å². The largest absolute Gasteiger partial charge is 0.498 e. The highest BCUT2D eigenvalue weighted by atomic mass is 16.7. The second kappa shape index (κ2) is 5.37. The zero-order valence-corrected chi connectivity index (χ0v) is 14.8. The van der Waals surface area contributed by atoms with E-state index in [4.69, 9.17) is 14.0 Å². The molecule has 1 saturated heterocycles. The quantitative estimate of drug-likeness (QED) is 0.746. The number of rotatable bonds is 1. The summed E-state index contributed by atoms with van der Waals surface area (Å²) in [4.78, 5) is 0. The molecule has 124 valence electrons. The molecule has 4 heteroatoms. The summed E-state index contributed by atoms with van der Waals surface area (Å²) in [5.74, 6) is 1.82.